The van der Waals surface area contributed by atoms with Gasteiger partial charge in [-0.2, -0.15) is 5.10 Å². The van der Waals surface area contributed by atoms with E-state index in [1.54, 1.807) is 37.4 Å². The molecule has 9 heteroatoms. The first-order valence-corrected chi connectivity index (χ1v) is 10.4. The van der Waals surface area contributed by atoms with Crippen LogP contribution in [-0.4, -0.2) is 22.0 Å². The average Bonchev–Trinajstić information content (AvgIpc) is 2.79. The second-order valence-electron chi connectivity index (χ2n) is 7.17. The van der Waals surface area contributed by atoms with Crippen LogP contribution in [0.2, 0.25) is 5.02 Å². The molecule has 0 aliphatic heterocycles. The number of halogens is 2. The Morgan fingerprint density at radius 3 is 2.82 bits per heavy atom. The van der Waals surface area contributed by atoms with Gasteiger partial charge in [0.05, 0.1) is 16.8 Å². The fourth-order valence-electron chi connectivity index (χ4n) is 3.06. The van der Waals surface area contributed by atoms with Gasteiger partial charge in [-0.3, -0.25) is 0 Å². The summed E-state index contributed by atoms with van der Waals surface area (Å²) in [5, 5.41) is 12.3. The van der Waals surface area contributed by atoms with E-state index in [1.807, 2.05) is 24.3 Å². The third-order valence-corrected chi connectivity index (χ3v) is 4.86. The van der Waals surface area contributed by atoms with Crippen molar-refractivity contribution >= 4 is 46.1 Å². The van der Waals surface area contributed by atoms with Crippen molar-refractivity contribution in [2.24, 2.45) is 15.9 Å². The van der Waals surface area contributed by atoms with E-state index in [2.05, 4.69) is 25.5 Å². The predicted molar refractivity (Wildman–Crippen MR) is 130 cm³/mol. The van der Waals surface area contributed by atoms with Crippen molar-refractivity contribution in [3.8, 4) is 5.75 Å². The fraction of sp³-hybridized carbons (Fsp3) is 0.0833. The Balaban J connectivity index is 1.53. The van der Waals surface area contributed by atoms with Crippen LogP contribution in [-0.2, 0) is 6.61 Å². The van der Waals surface area contributed by atoms with Crippen LogP contribution in [0.4, 0.5) is 15.9 Å². The molecule has 4 rings (SSSR count). The molecule has 3 N–H and O–H groups in total. The lowest BCUT2D eigenvalue weighted by molar-refractivity contribution is 0.306. The topological polar surface area (TPSA) is 97.8 Å². The van der Waals surface area contributed by atoms with Crippen LogP contribution in [0.15, 0.2) is 77.2 Å². The molecule has 0 spiro atoms. The normalized spacial score (nSPS) is 11.8. The van der Waals surface area contributed by atoms with Gasteiger partial charge in [0.1, 0.15) is 36.2 Å². The minimum atomic E-state index is -0.310. The molecule has 3 aromatic carbocycles. The highest BCUT2D eigenvalue weighted by Crippen LogP contribution is 2.31. The number of amidine groups is 1. The van der Waals surface area contributed by atoms with E-state index in [1.165, 1.54) is 18.5 Å². The lowest BCUT2D eigenvalue weighted by Gasteiger charge is -2.12. The summed E-state index contributed by atoms with van der Waals surface area (Å²) in [6, 6.07) is 17.2. The number of nitrogens with two attached hydrogens (primary N) is 1. The molecular weight excluding hydrogens is 443 g/mol. The van der Waals surface area contributed by atoms with Crippen molar-refractivity contribution in [1.29, 1.82) is 0 Å². The number of nitrogens with one attached hydrogen (secondary N) is 1. The molecule has 0 saturated heterocycles. The summed E-state index contributed by atoms with van der Waals surface area (Å²) in [6.45, 7) is 1.87. The summed E-state index contributed by atoms with van der Waals surface area (Å²) in [5.41, 5.74) is 8.54. The molecule has 1 aromatic heterocycles. The Kier molecular flexibility index (Phi) is 6.75. The van der Waals surface area contributed by atoms with E-state index >= 15 is 0 Å². The second-order valence-corrected chi connectivity index (χ2v) is 7.58. The second kappa shape index (κ2) is 10.1. The molecule has 0 unspecified atom stereocenters. The van der Waals surface area contributed by atoms with Gasteiger partial charge in [0, 0.05) is 11.1 Å². The average molecular weight is 463 g/mol. The smallest absolute Gasteiger partial charge is 0.141 e. The maximum atomic E-state index is 13.3. The quantitative estimate of drug-likeness (QED) is 0.216. The van der Waals surface area contributed by atoms with Crippen LogP contribution >= 0.6 is 11.6 Å². The van der Waals surface area contributed by atoms with Crippen LogP contribution in [0.1, 0.15) is 18.1 Å². The van der Waals surface area contributed by atoms with Crippen molar-refractivity contribution in [3.05, 3.63) is 89.0 Å². The number of hydrogen-bond acceptors (Lipinski definition) is 6. The minimum absolute atomic E-state index is 0.207. The Hall–Kier alpha value is -4.04. The van der Waals surface area contributed by atoms with Gasteiger partial charge in [-0.15, -0.1) is 5.10 Å². The maximum Gasteiger partial charge on any atom is 0.141 e. The van der Waals surface area contributed by atoms with E-state index in [9.17, 15) is 4.39 Å². The van der Waals surface area contributed by atoms with E-state index in [0.29, 0.717) is 28.0 Å². The van der Waals surface area contributed by atoms with Crippen molar-refractivity contribution < 1.29 is 9.13 Å². The van der Waals surface area contributed by atoms with Gasteiger partial charge in [-0.1, -0.05) is 29.8 Å². The molecule has 7 nitrogen and oxygen atoms in total. The van der Waals surface area contributed by atoms with Crippen LogP contribution in [0, 0.1) is 5.82 Å². The number of nitrogens with zero attached hydrogens (tertiary/aromatic N) is 4. The molecule has 0 bridgehead atoms. The summed E-state index contributed by atoms with van der Waals surface area (Å²) >= 11 is 6.41. The number of ether oxygens (including phenoxy) is 1. The van der Waals surface area contributed by atoms with Gasteiger partial charge in [0.25, 0.3) is 0 Å². The van der Waals surface area contributed by atoms with Crippen molar-refractivity contribution in [2.45, 2.75) is 13.5 Å². The largest absolute Gasteiger partial charge is 0.487 e. The first-order valence-electron chi connectivity index (χ1n) is 9.99. The molecule has 0 aliphatic carbocycles. The molecule has 0 radical (unpaired) electrons. The first kappa shape index (κ1) is 22.2. The Morgan fingerprint density at radius 1 is 1.15 bits per heavy atom. The standard InChI is InChI=1S/C24H20ClFN6O/c1-15(27)32-30-12-16-5-7-22-20(10-16)24(29-14-28-22)31-19-6-8-23(21(25)11-19)33-13-17-3-2-4-18(26)9-17/h2-12,14H,13H2,1H3,(H2,27,32)(H,28,29,31)/b30-12-. The van der Waals surface area contributed by atoms with Gasteiger partial charge in [0.15, 0.2) is 0 Å². The molecule has 4 aromatic rings. The summed E-state index contributed by atoms with van der Waals surface area (Å²) in [7, 11) is 0. The molecule has 0 saturated carbocycles. The van der Waals surface area contributed by atoms with Gasteiger partial charge in [-0.05, 0) is 60.5 Å². The Bertz CT molecular complexity index is 1350. The van der Waals surface area contributed by atoms with Gasteiger partial charge < -0.3 is 15.8 Å². The highest BCUT2D eigenvalue weighted by Gasteiger charge is 2.08. The molecular formula is C24H20ClFN6O. The predicted octanol–water partition coefficient (Wildman–Crippen LogP) is 5.46. The molecule has 166 valence electrons. The zero-order valence-corrected chi connectivity index (χ0v) is 18.4. The first-order chi connectivity index (χ1) is 16.0. The summed E-state index contributed by atoms with van der Waals surface area (Å²) < 4.78 is 19.1. The van der Waals surface area contributed by atoms with E-state index in [4.69, 9.17) is 22.1 Å². The molecule has 0 amide bonds. The fourth-order valence-corrected chi connectivity index (χ4v) is 3.30. The van der Waals surface area contributed by atoms with Crippen molar-refractivity contribution in [2.75, 3.05) is 5.32 Å². The number of anilines is 2. The van der Waals surface area contributed by atoms with Crippen LogP contribution in [0.5, 0.6) is 5.75 Å². The van der Waals surface area contributed by atoms with Gasteiger partial charge in [-0.25, -0.2) is 14.4 Å². The molecule has 0 fully saturated rings. The third-order valence-electron chi connectivity index (χ3n) is 4.56. The van der Waals surface area contributed by atoms with E-state index in [0.717, 1.165) is 22.2 Å². The molecule has 0 aliphatic rings. The zero-order valence-electron chi connectivity index (χ0n) is 17.7. The lowest BCUT2D eigenvalue weighted by Crippen LogP contribution is -2.03. The zero-order chi connectivity index (χ0) is 23.2. The number of aromatic nitrogens is 2. The summed E-state index contributed by atoms with van der Waals surface area (Å²) in [4.78, 5) is 8.67. The summed E-state index contributed by atoms with van der Waals surface area (Å²) in [5.74, 6) is 1.17. The lowest BCUT2D eigenvalue weighted by atomic mass is 10.1. The maximum absolute atomic E-state index is 13.3. The van der Waals surface area contributed by atoms with Crippen LogP contribution in [0.3, 0.4) is 0 Å². The van der Waals surface area contributed by atoms with E-state index in [-0.39, 0.29) is 12.4 Å². The summed E-state index contributed by atoms with van der Waals surface area (Å²) in [6.07, 6.45) is 3.09. The molecule has 1 heterocycles. The van der Waals surface area contributed by atoms with Gasteiger partial charge in [0.2, 0.25) is 0 Å². The van der Waals surface area contributed by atoms with Crippen LogP contribution in [0.25, 0.3) is 10.9 Å². The number of fused-ring (bicyclic) bond motifs is 1. The highest BCUT2D eigenvalue weighted by molar-refractivity contribution is 6.32. The van der Waals surface area contributed by atoms with Gasteiger partial charge >= 0.3 is 0 Å². The molecule has 33 heavy (non-hydrogen) atoms. The number of benzene rings is 3. The van der Waals surface area contributed by atoms with Crippen molar-refractivity contribution in [1.82, 2.24) is 9.97 Å². The Morgan fingerprint density at radius 2 is 2.03 bits per heavy atom. The SMILES string of the molecule is CC(N)=N/N=C\c1ccc2ncnc(Nc3ccc(OCc4cccc(F)c4)c(Cl)c3)c2c1. The monoisotopic (exact) mass is 462 g/mol. The number of hydrogen-bond donors (Lipinski definition) is 2. The van der Waals surface area contributed by atoms with Crippen LogP contribution < -0.4 is 15.8 Å². The van der Waals surface area contributed by atoms with Crippen molar-refractivity contribution in [3.63, 3.8) is 0 Å². The molecule has 0 atom stereocenters. The Labute approximate surface area is 194 Å². The van der Waals surface area contributed by atoms with E-state index < -0.39 is 0 Å². The number of rotatable bonds is 7. The highest BCUT2D eigenvalue weighted by atomic mass is 35.5. The minimum Gasteiger partial charge on any atom is -0.487 e. The third kappa shape index (κ3) is 5.81.